The van der Waals surface area contributed by atoms with Gasteiger partial charge in [0.2, 0.25) is 0 Å². The molecule has 100 valence electrons. The number of ether oxygens (including phenoxy) is 1. The second kappa shape index (κ2) is 4.98. The van der Waals surface area contributed by atoms with Crippen LogP contribution in [0.3, 0.4) is 0 Å². The maximum atomic E-state index is 12.2. The van der Waals surface area contributed by atoms with Gasteiger partial charge in [-0.1, -0.05) is 11.6 Å². The van der Waals surface area contributed by atoms with Crippen molar-refractivity contribution in [1.29, 1.82) is 0 Å². The molecule has 5 heteroatoms. The van der Waals surface area contributed by atoms with E-state index in [1.165, 1.54) is 6.07 Å². The molecule has 4 nitrogen and oxygen atoms in total. The molecule has 0 unspecified atom stereocenters. The molecule has 0 saturated heterocycles. The normalized spacial score (nSPS) is 10.7. The molecular formula is C15H11ClN2O2. The van der Waals surface area contributed by atoms with E-state index >= 15 is 0 Å². The van der Waals surface area contributed by atoms with Gasteiger partial charge in [-0.25, -0.2) is 4.98 Å². The lowest BCUT2D eigenvalue weighted by Gasteiger charge is -2.11. The van der Waals surface area contributed by atoms with Crippen LogP contribution in [0.1, 0.15) is 0 Å². The summed E-state index contributed by atoms with van der Waals surface area (Å²) in [6.45, 7) is 0. The summed E-state index contributed by atoms with van der Waals surface area (Å²) in [6, 6.07) is 12.2. The molecule has 3 aromatic rings. The first-order valence-electron chi connectivity index (χ1n) is 6.01. The summed E-state index contributed by atoms with van der Waals surface area (Å²) in [5.74, 6) is 0.738. The van der Waals surface area contributed by atoms with Gasteiger partial charge in [-0.15, -0.1) is 0 Å². The fourth-order valence-corrected chi connectivity index (χ4v) is 2.35. The van der Waals surface area contributed by atoms with Gasteiger partial charge in [0, 0.05) is 23.3 Å². The van der Waals surface area contributed by atoms with Crippen molar-refractivity contribution in [3.8, 4) is 11.4 Å². The highest BCUT2D eigenvalue weighted by Gasteiger charge is 2.08. The fourth-order valence-electron chi connectivity index (χ4n) is 2.13. The predicted molar refractivity (Wildman–Crippen MR) is 78.9 cm³/mol. The Balaban J connectivity index is 2.31. The van der Waals surface area contributed by atoms with Gasteiger partial charge in [-0.3, -0.25) is 9.36 Å². The van der Waals surface area contributed by atoms with Crippen molar-refractivity contribution in [2.75, 3.05) is 7.11 Å². The Hall–Kier alpha value is -2.33. The predicted octanol–water partition coefficient (Wildman–Crippen LogP) is 3.05. The number of benzene rings is 1. The number of nitrogens with zero attached hydrogens (tertiary/aromatic N) is 2. The van der Waals surface area contributed by atoms with E-state index in [9.17, 15) is 4.79 Å². The van der Waals surface area contributed by atoms with E-state index in [0.29, 0.717) is 5.15 Å². The van der Waals surface area contributed by atoms with Gasteiger partial charge in [0.15, 0.2) is 0 Å². The average molecular weight is 287 g/mol. The molecule has 3 rings (SSSR count). The number of rotatable bonds is 2. The van der Waals surface area contributed by atoms with Gasteiger partial charge in [0.25, 0.3) is 5.56 Å². The summed E-state index contributed by atoms with van der Waals surface area (Å²) in [5, 5.41) is 1.12. The molecule has 0 aliphatic heterocycles. The van der Waals surface area contributed by atoms with Gasteiger partial charge in [0.1, 0.15) is 10.9 Å². The van der Waals surface area contributed by atoms with Crippen LogP contribution in [0.4, 0.5) is 0 Å². The van der Waals surface area contributed by atoms with E-state index in [0.717, 1.165) is 22.3 Å². The molecule has 2 heterocycles. The van der Waals surface area contributed by atoms with Crippen LogP contribution < -0.4 is 10.3 Å². The maximum Gasteiger partial charge on any atom is 0.255 e. The second-order valence-corrected chi connectivity index (χ2v) is 4.60. The van der Waals surface area contributed by atoms with Gasteiger partial charge >= 0.3 is 0 Å². The monoisotopic (exact) mass is 286 g/mol. The minimum Gasteiger partial charge on any atom is -0.497 e. The summed E-state index contributed by atoms with van der Waals surface area (Å²) in [6.07, 6.45) is 1.59. The Labute approximate surface area is 120 Å². The number of hydrogen-bond acceptors (Lipinski definition) is 3. The lowest BCUT2D eigenvalue weighted by Crippen LogP contribution is -2.17. The Morgan fingerprint density at radius 2 is 1.85 bits per heavy atom. The number of aromatic nitrogens is 2. The second-order valence-electron chi connectivity index (χ2n) is 4.24. The van der Waals surface area contributed by atoms with Crippen LogP contribution in [0.25, 0.3) is 16.6 Å². The molecule has 0 N–H and O–H groups in total. The Bertz CT molecular complexity index is 825. The lowest BCUT2D eigenvalue weighted by atomic mass is 10.2. The number of hydrogen-bond donors (Lipinski definition) is 0. The molecule has 2 aromatic heterocycles. The smallest absolute Gasteiger partial charge is 0.255 e. The highest BCUT2D eigenvalue weighted by atomic mass is 35.5. The van der Waals surface area contributed by atoms with Crippen LogP contribution in [0.2, 0.25) is 5.15 Å². The van der Waals surface area contributed by atoms with E-state index in [1.54, 1.807) is 30.0 Å². The molecule has 0 aliphatic carbocycles. The van der Waals surface area contributed by atoms with Crippen molar-refractivity contribution < 1.29 is 4.74 Å². The van der Waals surface area contributed by atoms with E-state index < -0.39 is 0 Å². The Kier molecular flexibility index (Phi) is 3.16. The molecule has 1 aromatic carbocycles. The van der Waals surface area contributed by atoms with E-state index in [-0.39, 0.29) is 5.56 Å². The molecule has 0 bridgehead atoms. The van der Waals surface area contributed by atoms with Crippen molar-refractivity contribution in [2.24, 2.45) is 0 Å². The molecule has 20 heavy (non-hydrogen) atoms. The number of fused-ring (bicyclic) bond motifs is 1. The standard InChI is InChI=1S/C15H11ClN2O2/c1-20-11-4-2-10(3-5-11)18-13-8-9-17-15(16)12(13)6-7-14(18)19/h2-9H,1H3. The minimum absolute atomic E-state index is 0.120. The van der Waals surface area contributed by atoms with Crippen LogP contribution in [-0.2, 0) is 0 Å². The van der Waals surface area contributed by atoms with Gasteiger partial charge in [-0.05, 0) is 36.4 Å². The summed E-state index contributed by atoms with van der Waals surface area (Å²) in [4.78, 5) is 16.2. The summed E-state index contributed by atoms with van der Waals surface area (Å²) >= 11 is 6.07. The van der Waals surface area contributed by atoms with Crippen LogP contribution in [0, 0.1) is 0 Å². The highest BCUT2D eigenvalue weighted by Crippen LogP contribution is 2.22. The lowest BCUT2D eigenvalue weighted by molar-refractivity contribution is 0.415. The zero-order chi connectivity index (χ0) is 14.1. The zero-order valence-corrected chi connectivity index (χ0v) is 11.5. The van der Waals surface area contributed by atoms with Crippen LogP contribution in [0.15, 0.2) is 53.5 Å². The number of methoxy groups -OCH3 is 1. The first-order chi connectivity index (χ1) is 9.70. The van der Waals surface area contributed by atoms with Crippen LogP contribution >= 0.6 is 11.6 Å². The van der Waals surface area contributed by atoms with Crippen molar-refractivity contribution in [3.63, 3.8) is 0 Å². The minimum atomic E-state index is -0.120. The highest BCUT2D eigenvalue weighted by molar-refractivity contribution is 6.34. The van der Waals surface area contributed by atoms with Crippen molar-refractivity contribution in [1.82, 2.24) is 9.55 Å². The number of halogens is 1. The first kappa shape index (κ1) is 12.7. The average Bonchev–Trinajstić information content (AvgIpc) is 2.48. The van der Waals surface area contributed by atoms with Crippen LogP contribution in [-0.4, -0.2) is 16.7 Å². The molecule has 0 aliphatic rings. The number of pyridine rings is 2. The maximum absolute atomic E-state index is 12.2. The molecule has 0 saturated carbocycles. The van der Waals surface area contributed by atoms with Gasteiger partial charge in [-0.2, -0.15) is 0 Å². The Morgan fingerprint density at radius 3 is 2.55 bits per heavy atom. The first-order valence-corrected chi connectivity index (χ1v) is 6.39. The van der Waals surface area contributed by atoms with Gasteiger partial charge < -0.3 is 4.74 Å². The third-order valence-corrected chi connectivity index (χ3v) is 3.40. The SMILES string of the molecule is COc1ccc(-n2c(=O)ccc3c(Cl)nccc32)cc1. The van der Waals surface area contributed by atoms with Crippen molar-refractivity contribution >= 4 is 22.5 Å². The molecular weight excluding hydrogens is 276 g/mol. The van der Waals surface area contributed by atoms with Crippen molar-refractivity contribution in [3.05, 3.63) is 64.2 Å². The third-order valence-electron chi connectivity index (χ3n) is 3.10. The largest absolute Gasteiger partial charge is 0.497 e. The summed E-state index contributed by atoms with van der Waals surface area (Å²) in [7, 11) is 1.60. The van der Waals surface area contributed by atoms with Crippen molar-refractivity contribution in [2.45, 2.75) is 0 Å². The molecule has 0 spiro atoms. The summed E-state index contributed by atoms with van der Waals surface area (Å²) < 4.78 is 6.72. The van der Waals surface area contributed by atoms with E-state index in [2.05, 4.69) is 4.98 Å². The molecule has 0 amide bonds. The molecule has 0 fully saturated rings. The van der Waals surface area contributed by atoms with Crippen LogP contribution in [0.5, 0.6) is 5.75 Å². The van der Waals surface area contributed by atoms with E-state index in [1.807, 2.05) is 24.3 Å². The zero-order valence-electron chi connectivity index (χ0n) is 10.7. The summed E-state index contributed by atoms with van der Waals surface area (Å²) in [5.41, 5.74) is 1.36. The van der Waals surface area contributed by atoms with E-state index in [4.69, 9.17) is 16.3 Å². The fraction of sp³-hybridized carbons (Fsp3) is 0.0667. The topological polar surface area (TPSA) is 44.1 Å². The van der Waals surface area contributed by atoms with Gasteiger partial charge in [0.05, 0.1) is 12.6 Å². The third kappa shape index (κ3) is 2.04. The quantitative estimate of drug-likeness (QED) is 0.680. The molecule has 0 radical (unpaired) electrons. The Morgan fingerprint density at radius 1 is 1.10 bits per heavy atom. The molecule has 0 atom stereocenters.